The predicted octanol–water partition coefficient (Wildman–Crippen LogP) is -1.37. The Morgan fingerprint density at radius 1 is 0.711 bits per heavy atom. The molecular formula is C26H36I3N3O13. The highest BCUT2D eigenvalue weighted by Crippen LogP contribution is 2.38. The van der Waals surface area contributed by atoms with Gasteiger partial charge >= 0.3 is 11.9 Å². The summed E-state index contributed by atoms with van der Waals surface area (Å²) in [7, 11) is 0. The molecule has 1 rings (SSSR count). The number of carbonyl (C=O) groups is 5. The fourth-order valence-corrected chi connectivity index (χ4v) is 8.58. The van der Waals surface area contributed by atoms with Crippen LogP contribution < -0.4 is 15.5 Å². The first-order valence-electron chi connectivity index (χ1n) is 13.3. The Bertz CT molecular complexity index is 1160. The van der Waals surface area contributed by atoms with Crippen LogP contribution in [0.4, 0.5) is 5.69 Å². The summed E-state index contributed by atoms with van der Waals surface area (Å²) in [4.78, 5) is 64.7. The van der Waals surface area contributed by atoms with Crippen LogP contribution in [0, 0.1) is 10.7 Å². The van der Waals surface area contributed by atoms with Crippen LogP contribution in [0.1, 0.15) is 47.4 Å². The number of ether oxygens (including phenoxy) is 2. The van der Waals surface area contributed by atoms with E-state index in [0.717, 1.165) is 18.7 Å². The standard InChI is InChI=1S/C26H36I3N3O13/c1-12(37)44-4-3-32(18(41)11-45-13(2)38)24-22(28)19(25(42)30-14(7-33)5-16(39)9-35)21(27)20(23(24)29)26(43)31-15(8-34)6-17(40)10-36/h14-17,33-36,39-40H,3-11H2,1-2H3,(H,30,42)(H,31,43). The van der Waals surface area contributed by atoms with Crippen molar-refractivity contribution in [3.8, 4) is 0 Å². The van der Waals surface area contributed by atoms with Crippen molar-refractivity contribution in [2.24, 2.45) is 0 Å². The van der Waals surface area contributed by atoms with Gasteiger partial charge in [-0.05, 0) is 80.6 Å². The number of esters is 2. The van der Waals surface area contributed by atoms with Crippen molar-refractivity contribution in [1.82, 2.24) is 10.6 Å². The molecule has 0 aliphatic heterocycles. The quantitative estimate of drug-likeness (QED) is 0.0626. The van der Waals surface area contributed by atoms with Crippen molar-refractivity contribution >= 4 is 103 Å². The van der Waals surface area contributed by atoms with E-state index < -0.39 is 87.0 Å². The maximum Gasteiger partial charge on any atom is 0.303 e. The minimum Gasteiger partial charge on any atom is -0.464 e. The molecule has 45 heavy (non-hydrogen) atoms. The zero-order valence-corrected chi connectivity index (χ0v) is 30.8. The summed E-state index contributed by atoms with van der Waals surface area (Å²) in [5.74, 6) is -3.82. The van der Waals surface area contributed by atoms with E-state index in [-0.39, 0.29) is 53.5 Å². The first-order valence-corrected chi connectivity index (χ1v) is 16.6. The van der Waals surface area contributed by atoms with E-state index in [9.17, 15) is 54.6 Å². The molecule has 0 aliphatic rings. The molecule has 0 radical (unpaired) electrons. The third-order valence-electron chi connectivity index (χ3n) is 5.98. The van der Waals surface area contributed by atoms with E-state index in [0.29, 0.717) is 0 Å². The molecule has 1 aromatic rings. The van der Waals surface area contributed by atoms with E-state index >= 15 is 0 Å². The van der Waals surface area contributed by atoms with Crippen LogP contribution in [0.2, 0.25) is 0 Å². The second-order valence-corrected chi connectivity index (χ2v) is 12.8. The van der Waals surface area contributed by atoms with Crippen molar-refractivity contribution in [2.75, 3.05) is 51.1 Å². The van der Waals surface area contributed by atoms with Gasteiger partial charge in [0.2, 0.25) is 0 Å². The maximum absolute atomic E-state index is 13.7. The normalized spacial score (nSPS) is 13.7. The van der Waals surface area contributed by atoms with Gasteiger partial charge in [0, 0.05) is 17.4 Å². The molecule has 0 aromatic heterocycles. The van der Waals surface area contributed by atoms with Crippen molar-refractivity contribution in [3.05, 3.63) is 21.8 Å². The molecule has 4 atom stereocenters. The Morgan fingerprint density at radius 2 is 1.13 bits per heavy atom. The number of benzene rings is 1. The summed E-state index contributed by atoms with van der Waals surface area (Å²) < 4.78 is 10.3. The Labute approximate surface area is 299 Å². The molecule has 8 N–H and O–H groups in total. The average molecular weight is 979 g/mol. The van der Waals surface area contributed by atoms with Crippen LogP contribution in [-0.2, 0) is 23.9 Å². The van der Waals surface area contributed by atoms with Gasteiger partial charge in [0.25, 0.3) is 17.7 Å². The highest BCUT2D eigenvalue weighted by Gasteiger charge is 2.34. The number of aliphatic hydroxyl groups is 6. The number of aliphatic hydroxyl groups excluding tert-OH is 6. The van der Waals surface area contributed by atoms with E-state index in [1.165, 1.54) is 0 Å². The molecule has 1 aromatic carbocycles. The Hall–Kier alpha value is -1.48. The molecule has 16 nitrogen and oxygen atoms in total. The lowest BCUT2D eigenvalue weighted by Crippen LogP contribution is -2.44. The number of hydrogen-bond donors (Lipinski definition) is 8. The van der Waals surface area contributed by atoms with E-state index in [2.05, 4.69) is 10.6 Å². The topological polar surface area (TPSA) is 252 Å². The molecule has 0 saturated heterocycles. The lowest BCUT2D eigenvalue weighted by atomic mass is 10.0. The zero-order valence-electron chi connectivity index (χ0n) is 24.3. The van der Waals surface area contributed by atoms with Crippen molar-refractivity contribution in [2.45, 2.75) is 51.0 Å². The van der Waals surface area contributed by atoms with Crippen LogP contribution >= 0.6 is 67.8 Å². The summed E-state index contributed by atoms with van der Waals surface area (Å²) >= 11 is 5.32. The largest absolute Gasteiger partial charge is 0.464 e. The molecule has 0 fully saturated rings. The van der Waals surface area contributed by atoms with Crippen LogP contribution in [0.25, 0.3) is 0 Å². The van der Waals surface area contributed by atoms with Gasteiger partial charge in [-0.1, -0.05) is 0 Å². The van der Waals surface area contributed by atoms with Gasteiger partial charge in [0.15, 0.2) is 6.61 Å². The van der Waals surface area contributed by atoms with Gasteiger partial charge in [-0.15, -0.1) is 0 Å². The maximum atomic E-state index is 13.7. The summed E-state index contributed by atoms with van der Waals surface area (Å²) in [6.45, 7) is -1.54. The number of amides is 3. The van der Waals surface area contributed by atoms with Crippen LogP contribution in [0.15, 0.2) is 0 Å². The lowest BCUT2D eigenvalue weighted by molar-refractivity contribution is -0.145. The third-order valence-corrected chi connectivity index (χ3v) is 9.16. The van der Waals surface area contributed by atoms with E-state index in [1.807, 2.05) is 0 Å². The molecule has 0 bridgehead atoms. The molecule has 3 amide bonds. The monoisotopic (exact) mass is 979 g/mol. The van der Waals surface area contributed by atoms with Gasteiger partial charge < -0.3 is 55.6 Å². The minimum absolute atomic E-state index is 0.0168. The van der Waals surface area contributed by atoms with Gasteiger partial charge in [0.1, 0.15) is 6.61 Å². The number of rotatable bonds is 18. The summed E-state index contributed by atoms with van der Waals surface area (Å²) in [5.41, 5.74) is -0.229. The average Bonchev–Trinajstić information content (AvgIpc) is 2.97. The highest BCUT2D eigenvalue weighted by atomic mass is 127. The first kappa shape index (κ1) is 41.5. The Morgan fingerprint density at radius 3 is 1.49 bits per heavy atom. The number of carbonyl (C=O) groups excluding carboxylic acids is 5. The zero-order chi connectivity index (χ0) is 34.4. The number of nitrogens with zero attached hydrogens (tertiary/aromatic N) is 1. The minimum atomic E-state index is -1.26. The predicted molar refractivity (Wildman–Crippen MR) is 182 cm³/mol. The first-order chi connectivity index (χ1) is 21.1. The molecule has 19 heteroatoms. The molecule has 254 valence electrons. The van der Waals surface area contributed by atoms with Crippen LogP contribution in [0.5, 0.6) is 0 Å². The van der Waals surface area contributed by atoms with Crippen LogP contribution in [-0.4, -0.2) is 131 Å². The Balaban J connectivity index is 3.91. The summed E-state index contributed by atoms with van der Waals surface area (Å²) in [5, 5.41) is 62.8. The molecule has 0 spiro atoms. The van der Waals surface area contributed by atoms with Crippen molar-refractivity contribution in [3.63, 3.8) is 0 Å². The fourth-order valence-electron chi connectivity index (χ4n) is 3.85. The van der Waals surface area contributed by atoms with E-state index in [4.69, 9.17) is 9.47 Å². The number of anilines is 1. The summed E-state index contributed by atoms with van der Waals surface area (Å²) in [6.07, 6.45) is -2.93. The Kier molecular flexibility index (Phi) is 19.1. The highest BCUT2D eigenvalue weighted by molar-refractivity contribution is 14.1. The molecule has 4 unspecified atom stereocenters. The third kappa shape index (κ3) is 12.9. The van der Waals surface area contributed by atoms with Crippen molar-refractivity contribution < 1.29 is 64.1 Å². The van der Waals surface area contributed by atoms with Gasteiger partial charge in [-0.25, -0.2) is 0 Å². The fraction of sp³-hybridized carbons (Fsp3) is 0.577. The lowest BCUT2D eigenvalue weighted by Gasteiger charge is -2.29. The van der Waals surface area contributed by atoms with Crippen molar-refractivity contribution in [1.29, 1.82) is 0 Å². The van der Waals surface area contributed by atoms with Crippen LogP contribution in [0.3, 0.4) is 0 Å². The molecule has 0 saturated carbocycles. The number of nitrogens with one attached hydrogen (secondary N) is 2. The van der Waals surface area contributed by atoms with Gasteiger partial charge in [-0.3, -0.25) is 24.0 Å². The van der Waals surface area contributed by atoms with E-state index in [1.54, 1.807) is 67.8 Å². The second kappa shape index (κ2) is 20.7. The van der Waals surface area contributed by atoms with Gasteiger partial charge in [0.05, 0.1) is 81.2 Å². The smallest absolute Gasteiger partial charge is 0.303 e. The molecule has 0 heterocycles. The molecule has 0 aliphatic carbocycles. The second-order valence-electron chi connectivity index (χ2n) is 9.56. The van der Waals surface area contributed by atoms with Gasteiger partial charge in [-0.2, -0.15) is 0 Å². The number of hydrogen-bond acceptors (Lipinski definition) is 13. The summed E-state index contributed by atoms with van der Waals surface area (Å²) in [6, 6.07) is -2.04. The number of halogens is 3. The SMILES string of the molecule is CC(=O)OCCN(C(=O)COC(C)=O)c1c(I)c(C(=O)NC(CO)CC(O)CO)c(I)c(C(=O)NC(CO)CC(O)CO)c1I. The molecular weight excluding hydrogens is 943 g/mol.